The van der Waals surface area contributed by atoms with Crippen molar-refractivity contribution < 1.29 is 17.9 Å². The number of hydrogen-bond acceptors (Lipinski definition) is 4. The Labute approximate surface area is 145 Å². The number of carbonyl (C=O) groups excluding carboxylic acids is 1. The van der Waals surface area contributed by atoms with E-state index in [-0.39, 0.29) is 10.8 Å². The summed E-state index contributed by atoms with van der Waals surface area (Å²) in [6.45, 7) is 9.74. The molecule has 0 radical (unpaired) electrons. The summed E-state index contributed by atoms with van der Waals surface area (Å²) in [6, 6.07) is 4.56. The Morgan fingerprint density at radius 3 is 2.62 bits per heavy atom. The van der Waals surface area contributed by atoms with Crippen LogP contribution in [-0.4, -0.2) is 40.6 Å². The smallest absolute Gasteiger partial charge is 0.251 e. The lowest BCUT2D eigenvalue weighted by Gasteiger charge is -2.11. The third kappa shape index (κ3) is 6.59. The van der Waals surface area contributed by atoms with Gasteiger partial charge in [0.05, 0.1) is 4.90 Å². The average molecular weight is 356 g/mol. The molecule has 7 heteroatoms. The number of sulfonamides is 1. The zero-order valence-electron chi connectivity index (χ0n) is 14.9. The van der Waals surface area contributed by atoms with Crippen LogP contribution in [0.2, 0.25) is 0 Å². The fraction of sp³-hybridized carbons (Fsp3) is 0.588. The van der Waals surface area contributed by atoms with Crippen molar-refractivity contribution in [2.24, 2.45) is 5.92 Å². The molecule has 0 aliphatic heterocycles. The first-order valence-corrected chi connectivity index (χ1v) is 9.72. The molecule has 0 aliphatic rings. The summed E-state index contributed by atoms with van der Waals surface area (Å²) in [6.07, 6.45) is 0.715. The molecule has 0 bridgehead atoms. The van der Waals surface area contributed by atoms with Crippen LogP contribution in [0.15, 0.2) is 23.1 Å². The highest BCUT2D eigenvalue weighted by Gasteiger charge is 2.17. The first-order valence-electron chi connectivity index (χ1n) is 8.24. The summed E-state index contributed by atoms with van der Waals surface area (Å²) in [7, 11) is -3.57. The Morgan fingerprint density at radius 1 is 1.29 bits per heavy atom. The monoisotopic (exact) mass is 356 g/mol. The number of hydrogen-bond donors (Lipinski definition) is 2. The summed E-state index contributed by atoms with van der Waals surface area (Å²) < 4.78 is 32.0. The van der Waals surface area contributed by atoms with E-state index in [1.165, 1.54) is 12.1 Å². The van der Waals surface area contributed by atoms with Crippen molar-refractivity contribution in [1.29, 1.82) is 0 Å². The Hall–Kier alpha value is -1.44. The first-order chi connectivity index (χ1) is 11.3. The molecule has 0 spiro atoms. The molecule has 136 valence electrons. The molecule has 6 nitrogen and oxygen atoms in total. The number of amides is 1. The lowest BCUT2D eigenvalue weighted by atomic mass is 10.1. The van der Waals surface area contributed by atoms with E-state index in [9.17, 15) is 13.2 Å². The summed E-state index contributed by atoms with van der Waals surface area (Å²) in [5.41, 5.74) is 1.11. The number of carbonyl (C=O) groups is 1. The van der Waals surface area contributed by atoms with E-state index in [2.05, 4.69) is 23.9 Å². The van der Waals surface area contributed by atoms with Crippen molar-refractivity contribution in [1.82, 2.24) is 10.0 Å². The van der Waals surface area contributed by atoms with Gasteiger partial charge in [-0.15, -0.1) is 0 Å². The number of ether oxygens (including phenoxy) is 1. The number of aryl methyl sites for hydroxylation is 1. The van der Waals surface area contributed by atoms with Gasteiger partial charge in [-0.2, -0.15) is 0 Å². The lowest BCUT2D eigenvalue weighted by molar-refractivity contribution is 0.0924. The zero-order valence-corrected chi connectivity index (χ0v) is 15.7. The highest BCUT2D eigenvalue weighted by atomic mass is 32.2. The SMILES string of the molecule is CCNS(=O)(=O)c1ccc(C)c(C(=O)NCCCOCC(C)C)c1. The predicted octanol–water partition coefficient (Wildman–Crippen LogP) is 2.09. The second-order valence-electron chi connectivity index (χ2n) is 6.06. The summed E-state index contributed by atoms with van der Waals surface area (Å²) in [4.78, 5) is 12.4. The van der Waals surface area contributed by atoms with E-state index in [0.717, 1.165) is 5.56 Å². The van der Waals surface area contributed by atoms with E-state index >= 15 is 0 Å². The lowest BCUT2D eigenvalue weighted by Crippen LogP contribution is -2.27. The largest absolute Gasteiger partial charge is 0.381 e. The highest BCUT2D eigenvalue weighted by Crippen LogP contribution is 2.15. The standard InChI is InChI=1S/C17H28N2O4S/c1-5-19-24(21,22)15-8-7-14(4)16(11-15)17(20)18-9-6-10-23-12-13(2)3/h7-8,11,13,19H,5-6,9-10,12H2,1-4H3,(H,18,20). The maximum absolute atomic E-state index is 12.3. The van der Waals surface area contributed by atoms with Crippen molar-refractivity contribution in [3.8, 4) is 0 Å². The molecule has 1 amide bonds. The van der Waals surface area contributed by atoms with Crippen molar-refractivity contribution in [3.05, 3.63) is 29.3 Å². The van der Waals surface area contributed by atoms with Gasteiger partial charge in [-0.25, -0.2) is 13.1 Å². The van der Waals surface area contributed by atoms with Crippen LogP contribution < -0.4 is 10.0 Å². The molecule has 0 atom stereocenters. The normalized spacial score (nSPS) is 11.7. The van der Waals surface area contributed by atoms with Crippen LogP contribution in [0, 0.1) is 12.8 Å². The first kappa shape index (κ1) is 20.6. The summed E-state index contributed by atoms with van der Waals surface area (Å²) >= 11 is 0. The number of nitrogens with one attached hydrogen (secondary N) is 2. The molecule has 1 aromatic rings. The van der Waals surface area contributed by atoms with Gasteiger partial charge in [-0.3, -0.25) is 4.79 Å². The van der Waals surface area contributed by atoms with Gasteiger partial charge in [-0.1, -0.05) is 26.8 Å². The summed E-state index contributed by atoms with van der Waals surface area (Å²) in [5.74, 6) is 0.216. The van der Waals surface area contributed by atoms with Crippen LogP contribution in [0.4, 0.5) is 0 Å². The third-order valence-electron chi connectivity index (χ3n) is 3.30. The van der Waals surface area contributed by atoms with Crippen molar-refractivity contribution in [3.63, 3.8) is 0 Å². The molecule has 0 aromatic heterocycles. The average Bonchev–Trinajstić information content (AvgIpc) is 2.50. The summed E-state index contributed by atoms with van der Waals surface area (Å²) in [5, 5.41) is 2.80. The third-order valence-corrected chi connectivity index (χ3v) is 4.84. The molecule has 1 rings (SSSR count). The van der Waals surface area contributed by atoms with E-state index < -0.39 is 10.0 Å². The quantitative estimate of drug-likeness (QED) is 0.629. The minimum absolute atomic E-state index is 0.0976. The van der Waals surface area contributed by atoms with Crippen LogP contribution in [0.5, 0.6) is 0 Å². The second-order valence-corrected chi connectivity index (χ2v) is 7.82. The van der Waals surface area contributed by atoms with Gasteiger partial charge in [0, 0.05) is 31.9 Å². The molecular formula is C17H28N2O4S. The van der Waals surface area contributed by atoms with Gasteiger partial charge >= 0.3 is 0 Å². The Bertz CT molecular complexity index is 642. The highest BCUT2D eigenvalue weighted by molar-refractivity contribution is 7.89. The molecule has 24 heavy (non-hydrogen) atoms. The van der Waals surface area contributed by atoms with Gasteiger partial charge in [0.15, 0.2) is 0 Å². The number of rotatable bonds is 10. The van der Waals surface area contributed by atoms with Gasteiger partial charge < -0.3 is 10.1 Å². The molecule has 1 aromatic carbocycles. The molecule has 0 aliphatic carbocycles. The van der Waals surface area contributed by atoms with Crippen LogP contribution in [-0.2, 0) is 14.8 Å². The van der Waals surface area contributed by atoms with Crippen LogP contribution >= 0.6 is 0 Å². The molecule has 0 unspecified atom stereocenters. The van der Waals surface area contributed by atoms with Gasteiger partial charge in [0.1, 0.15) is 0 Å². The maximum Gasteiger partial charge on any atom is 0.251 e. The van der Waals surface area contributed by atoms with Gasteiger partial charge in [0.2, 0.25) is 10.0 Å². The number of benzene rings is 1. The Kier molecular flexibility index (Phi) is 8.38. The molecule has 0 fully saturated rings. The Morgan fingerprint density at radius 2 is 2.00 bits per heavy atom. The van der Waals surface area contributed by atoms with E-state index in [1.54, 1.807) is 19.9 Å². The van der Waals surface area contributed by atoms with Crippen LogP contribution in [0.3, 0.4) is 0 Å². The second kappa shape index (κ2) is 9.76. The molecule has 0 saturated carbocycles. The zero-order chi connectivity index (χ0) is 18.2. The Balaban J connectivity index is 2.64. The van der Waals surface area contributed by atoms with Crippen molar-refractivity contribution in [2.45, 2.75) is 39.0 Å². The van der Waals surface area contributed by atoms with E-state index in [0.29, 0.717) is 44.2 Å². The van der Waals surface area contributed by atoms with Gasteiger partial charge in [-0.05, 0) is 37.0 Å². The molecule has 2 N–H and O–H groups in total. The van der Waals surface area contributed by atoms with Gasteiger partial charge in [0.25, 0.3) is 5.91 Å². The molecular weight excluding hydrogens is 328 g/mol. The minimum Gasteiger partial charge on any atom is -0.381 e. The van der Waals surface area contributed by atoms with E-state index in [1.807, 2.05) is 0 Å². The molecule has 0 heterocycles. The minimum atomic E-state index is -3.57. The molecule has 0 saturated heterocycles. The van der Waals surface area contributed by atoms with Crippen LogP contribution in [0.25, 0.3) is 0 Å². The van der Waals surface area contributed by atoms with Crippen molar-refractivity contribution in [2.75, 3.05) is 26.3 Å². The topological polar surface area (TPSA) is 84.5 Å². The van der Waals surface area contributed by atoms with Crippen molar-refractivity contribution >= 4 is 15.9 Å². The maximum atomic E-state index is 12.3. The fourth-order valence-electron chi connectivity index (χ4n) is 2.08. The fourth-order valence-corrected chi connectivity index (χ4v) is 3.14. The van der Waals surface area contributed by atoms with E-state index in [4.69, 9.17) is 4.74 Å². The predicted molar refractivity (Wildman–Crippen MR) is 94.6 cm³/mol. The van der Waals surface area contributed by atoms with Crippen LogP contribution in [0.1, 0.15) is 43.1 Å².